The van der Waals surface area contributed by atoms with Crippen molar-refractivity contribution in [1.82, 2.24) is 0 Å². The Labute approximate surface area is 112 Å². The summed E-state index contributed by atoms with van der Waals surface area (Å²) in [5, 5.41) is 35.3. The van der Waals surface area contributed by atoms with Crippen LogP contribution in [0.4, 0.5) is 0 Å². The van der Waals surface area contributed by atoms with Crippen LogP contribution in [-0.2, 0) is 0 Å². The van der Waals surface area contributed by atoms with Crippen molar-refractivity contribution >= 4 is 0 Å². The number of aliphatic hydroxyl groups excluding tert-OH is 3. The van der Waals surface area contributed by atoms with Crippen molar-refractivity contribution in [1.29, 1.82) is 0 Å². The van der Waals surface area contributed by atoms with Crippen LogP contribution in [-0.4, -0.2) is 45.3 Å². The monoisotopic (exact) mass is 264 g/mol. The zero-order chi connectivity index (χ0) is 14.6. The van der Waals surface area contributed by atoms with E-state index in [2.05, 4.69) is 0 Å². The van der Waals surface area contributed by atoms with Crippen LogP contribution in [0.1, 0.15) is 59.8 Å². The Kier molecular flexibility index (Phi) is 13.3. The fraction of sp³-hybridized carbons (Fsp3) is 1.00. The van der Waals surface area contributed by atoms with Crippen molar-refractivity contribution in [2.24, 2.45) is 5.92 Å². The van der Waals surface area contributed by atoms with Gasteiger partial charge in [-0.2, -0.15) is 0 Å². The largest absolute Gasteiger partial charge is 0.396 e. The van der Waals surface area contributed by atoms with Gasteiger partial charge in [-0.05, 0) is 44.9 Å². The molecule has 4 N–H and O–H groups in total. The molecule has 0 aromatic rings. The van der Waals surface area contributed by atoms with E-state index in [1.165, 1.54) is 0 Å². The van der Waals surface area contributed by atoms with Crippen LogP contribution in [0.25, 0.3) is 0 Å². The first kappa shape index (κ1) is 20.2. The molecule has 4 heteroatoms. The molecule has 0 bridgehead atoms. The summed E-state index contributed by atoms with van der Waals surface area (Å²) in [5.41, 5.74) is -0.608. The van der Waals surface area contributed by atoms with E-state index < -0.39 is 5.60 Å². The molecule has 0 aromatic heterocycles. The lowest BCUT2D eigenvalue weighted by Crippen LogP contribution is -2.30. The van der Waals surface area contributed by atoms with Gasteiger partial charge in [0, 0.05) is 13.2 Å². The van der Waals surface area contributed by atoms with Crippen molar-refractivity contribution in [2.75, 3.05) is 13.2 Å². The molecule has 0 spiro atoms. The van der Waals surface area contributed by atoms with Crippen LogP contribution in [0.5, 0.6) is 0 Å². The van der Waals surface area contributed by atoms with Gasteiger partial charge in [-0.15, -0.1) is 0 Å². The lowest BCUT2D eigenvalue weighted by atomic mass is 9.88. The summed E-state index contributed by atoms with van der Waals surface area (Å²) in [6.07, 6.45) is 3.40. The predicted molar refractivity (Wildman–Crippen MR) is 74.4 cm³/mol. The summed E-state index contributed by atoms with van der Waals surface area (Å²) >= 11 is 0. The van der Waals surface area contributed by atoms with Crippen molar-refractivity contribution in [3.63, 3.8) is 0 Å². The lowest BCUT2D eigenvalue weighted by molar-refractivity contribution is 0.0000306. The third kappa shape index (κ3) is 12.3. The molecule has 0 rings (SSSR count). The molecular formula is C14H32O4. The highest BCUT2D eigenvalue weighted by Gasteiger charge is 2.23. The highest BCUT2D eigenvalue weighted by Crippen LogP contribution is 2.21. The van der Waals surface area contributed by atoms with E-state index in [4.69, 9.17) is 15.3 Å². The van der Waals surface area contributed by atoms with E-state index in [9.17, 15) is 5.11 Å². The van der Waals surface area contributed by atoms with Gasteiger partial charge in [0.05, 0.1) is 11.7 Å². The molecule has 112 valence electrons. The molecule has 0 saturated heterocycles. The Bertz CT molecular complexity index is 169. The second-order valence-electron chi connectivity index (χ2n) is 5.27. The number of hydrogen-bond acceptors (Lipinski definition) is 4. The molecule has 0 aliphatic heterocycles. The molecule has 4 nitrogen and oxygen atoms in total. The molecule has 0 radical (unpaired) electrons. The minimum atomic E-state index is -0.608. The second kappa shape index (κ2) is 11.9. The fourth-order valence-electron chi connectivity index (χ4n) is 1.26. The van der Waals surface area contributed by atoms with E-state index in [1.54, 1.807) is 0 Å². The van der Waals surface area contributed by atoms with Gasteiger partial charge in [0.1, 0.15) is 0 Å². The molecule has 0 amide bonds. The molecule has 0 fully saturated rings. The van der Waals surface area contributed by atoms with Crippen LogP contribution >= 0.6 is 0 Å². The Morgan fingerprint density at radius 3 is 1.89 bits per heavy atom. The third-order valence-electron chi connectivity index (χ3n) is 3.25. The zero-order valence-corrected chi connectivity index (χ0v) is 12.4. The number of hydrogen-bond donors (Lipinski definition) is 4. The van der Waals surface area contributed by atoms with Crippen molar-refractivity contribution in [3.05, 3.63) is 0 Å². The summed E-state index contributed by atoms with van der Waals surface area (Å²) in [4.78, 5) is 0. The van der Waals surface area contributed by atoms with E-state index >= 15 is 0 Å². The number of aliphatic hydroxyl groups is 4. The van der Waals surface area contributed by atoms with Crippen LogP contribution in [0.2, 0.25) is 0 Å². The minimum Gasteiger partial charge on any atom is -0.396 e. The predicted octanol–water partition coefficient (Wildman–Crippen LogP) is 1.70. The van der Waals surface area contributed by atoms with Gasteiger partial charge in [0.15, 0.2) is 0 Å². The molecule has 0 aliphatic carbocycles. The average molecular weight is 264 g/mol. The van der Waals surface area contributed by atoms with E-state index in [0.29, 0.717) is 12.8 Å². The summed E-state index contributed by atoms with van der Waals surface area (Å²) in [6.45, 7) is 8.07. The van der Waals surface area contributed by atoms with Gasteiger partial charge in [-0.25, -0.2) is 0 Å². The van der Waals surface area contributed by atoms with Gasteiger partial charge >= 0.3 is 0 Å². The lowest BCUT2D eigenvalue weighted by Gasteiger charge is -2.27. The standard InChI is InChI=1S/C8H18O2.C6H14O2/c1-7(2)8(3,10)5-4-6-9;1-2-6(8)4-3-5-7/h7,9-10H,4-6H2,1-3H3;6-8H,2-5H2,1H3. The molecule has 2 unspecified atom stereocenters. The zero-order valence-electron chi connectivity index (χ0n) is 12.4. The van der Waals surface area contributed by atoms with E-state index in [-0.39, 0.29) is 25.2 Å². The number of rotatable bonds is 8. The van der Waals surface area contributed by atoms with Gasteiger partial charge < -0.3 is 20.4 Å². The van der Waals surface area contributed by atoms with Crippen LogP contribution in [0.15, 0.2) is 0 Å². The molecule has 0 aliphatic rings. The molecule has 0 saturated carbocycles. The Morgan fingerprint density at radius 2 is 1.56 bits per heavy atom. The fourth-order valence-corrected chi connectivity index (χ4v) is 1.26. The van der Waals surface area contributed by atoms with Gasteiger partial charge in [0.2, 0.25) is 0 Å². The summed E-state index contributed by atoms with van der Waals surface area (Å²) in [7, 11) is 0. The van der Waals surface area contributed by atoms with Crippen LogP contribution < -0.4 is 0 Å². The van der Waals surface area contributed by atoms with E-state index in [1.807, 2.05) is 27.7 Å². The maximum absolute atomic E-state index is 9.61. The quantitative estimate of drug-likeness (QED) is 0.538. The van der Waals surface area contributed by atoms with Crippen LogP contribution in [0.3, 0.4) is 0 Å². The maximum Gasteiger partial charge on any atom is 0.0643 e. The highest BCUT2D eigenvalue weighted by atomic mass is 16.3. The second-order valence-corrected chi connectivity index (χ2v) is 5.27. The normalized spacial score (nSPS) is 15.8. The molecule has 2 atom stereocenters. The molecule has 0 aromatic carbocycles. The average Bonchev–Trinajstić information content (AvgIpc) is 2.34. The first-order valence-electron chi connectivity index (χ1n) is 6.93. The Hall–Kier alpha value is -0.160. The minimum absolute atomic E-state index is 0.170. The SMILES string of the molecule is CC(C)C(C)(O)CCCO.CCC(O)CCCO. The third-order valence-corrected chi connectivity index (χ3v) is 3.25. The van der Waals surface area contributed by atoms with Crippen LogP contribution in [0, 0.1) is 5.92 Å². The van der Waals surface area contributed by atoms with Gasteiger partial charge in [0.25, 0.3) is 0 Å². The van der Waals surface area contributed by atoms with Crippen molar-refractivity contribution in [3.8, 4) is 0 Å². The molecule has 0 heterocycles. The van der Waals surface area contributed by atoms with Crippen molar-refractivity contribution in [2.45, 2.75) is 71.5 Å². The molecular weight excluding hydrogens is 232 g/mol. The Morgan fingerprint density at radius 1 is 1.06 bits per heavy atom. The molecule has 18 heavy (non-hydrogen) atoms. The van der Waals surface area contributed by atoms with Gasteiger partial charge in [-0.3, -0.25) is 0 Å². The van der Waals surface area contributed by atoms with Gasteiger partial charge in [-0.1, -0.05) is 20.8 Å². The summed E-state index contributed by atoms with van der Waals surface area (Å²) < 4.78 is 0. The van der Waals surface area contributed by atoms with E-state index in [0.717, 1.165) is 19.3 Å². The maximum atomic E-state index is 9.61. The Balaban J connectivity index is 0. The topological polar surface area (TPSA) is 80.9 Å². The summed E-state index contributed by atoms with van der Waals surface area (Å²) in [6, 6.07) is 0. The smallest absolute Gasteiger partial charge is 0.0643 e. The summed E-state index contributed by atoms with van der Waals surface area (Å²) in [5.74, 6) is 0.263. The van der Waals surface area contributed by atoms with Crippen molar-refractivity contribution < 1.29 is 20.4 Å². The highest BCUT2D eigenvalue weighted by molar-refractivity contribution is 4.75. The first-order valence-corrected chi connectivity index (χ1v) is 6.93. The first-order chi connectivity index (χ1) is 8.31.